The highest BCUT2D eigenvalue weighted by Gasteiger charge is 2.32. The first-order valence-electron chi connectivity index (χ1n) is 9.16. The van der Waals surface area contributed by atoms with Crippen LogP contribution in [-0.4, -0.2) is 22.6 Å². The van der Waals surface area contributed by atoms with E-state index in [-0.39, 0.29) is 0 Å². The fourth-order valence-corrected chi connectivity index (χ4v) is 3.85. The molecule has 0 saturated heterocycles. The van der Waals surface area contributed by atoms with Gasteiger partial charge in [0, 0.05) is 36.2 Å². The average molecular weight is 300 g/mol. The van der Waals surface area contributed by atoms with Crippen molar-refractivity contribution in [3.05, 3.63) is 17.6 Å². The lowest BCUT2D eigenvalue weighted by Gasteiger charge is -2.32. The van der Waals surface area contributed by atoms with Crippen molar-refractivity contribution in [2.75, 3.05) is 11.9 Å². The minimum Gasteiger partial charge on any atom is -0.370 e. The Morgan fingerprint density at radius 2 is 1.77 bits per heavy atom. The molecular weight excluding hydrogens is 272 g/mol. The molecule has 0 aromatic carbocycles. The van der Waals surface area contributed by atoms with E-state index < -0.39 is 0 Å². The molecule has 0 bridgehead atoms. The largest absolute Gasteiger partial charge is 0.370 e. The van der Waals surface area contributed by atoms with Crippen LogP contribution in [0.25, 0.3) is 0 Å². The highest BCUT2D eigenvalue weighted by molar-refractivity contribution is 5.39. The lowest BCUT2D eigenvalue weighted by atomic mass is 9.78. The van der Waals surface area contributed by atoms with Gasteiger partial charge in [0.2, 0.25) is 0 Å². The zero-order valence-corrected chi connectivity index (χ0v) is 13.4. The molecule has 120 valence electrons. The van der Waals surface area contributed by atoms with Crippen LogP contribution in [-0.2, 0) is 0 Å². The van der Waals surface area contributed by atoms with Crippen molar-refractivity contribution in [2.24, 2.45) is 11.7 Å². The standard InChI is InChI=1S/C18H28N4/c19-15-8-14(9-15)16-10-17(22-18(21-16)13-6-7-13)20-11-12-4-2-1-3-5-12/h10,12-15H,1-9,11,19H2,(H,20,21,22). The number of nitrogens with two attached hydrogens (primary N) is 1. The van der Waals surface area contributed by atoms with Gasteiger partial charge in [-0.05, 0) is 44.4 Å². The molecule has 0 aliphatic heterocycles. The number of nitrogens with one attached hydrogen (secondary N) is 1. The van der Waals surface area contributed by atoms with Crippen molar-refractivity contribution in [3.63, 3.8) is 0 Å². The van der Waals surface area contributed by atoms with Gasteiger partial charge >= 0.3 is 0 Å². The minimum absolute atomic E-state index is 0.378. The van der Waals surface area contributed by atoms with Crippen molar-refractivity contribution >= 4 is 5.82 Å². The van der Waals surface area contributed by atoms with Crippen LogP contribution in [0.2, 0.25) is 0 Å². The Morgan fingerprint density at radius 3 is 2.45 bits per heavy atom. The quantitative estimate of drug-likeness (QED) is 0.873. The summed E-state index contributed by atoms with van der Waals surface area (Å²) in [5.41, 5.74) is 7.18. The molecule has 4 heteroatoms. The van der Waals surface area contributed by atoms with E-state index in [4.69, 9.17) is 15.7 Å². The van der Waals surface area contributed by atoms with Crippen molar-refractivity contribution in [1.29, 1.82) is 0 Å². The topological polar surface area (TPSA) is 63.8 Å². The summed E-state index contributed by atoms with van der Waals surface area (Å²) in [4.78, 5) is 9.63. The highest BCUT2D eigenvalue weighted by atomic mass is 15.0. The van der Waals surface area contributed by atoms with E-state index in [2.05, 4.69) is 11.4 Å². The highest BCUT2D eigenvalue weighted by Crippen LogP contribution is 2.41. The van der Waals surface area contributed by atoms with Gasteiger partial charge in [-0.2, -0.15) is 0 Å². The van der Waals surface area contributed by atoms with Gasteiger partial charge in [-0.1, -0.05) is 19.3 Å². The smallest absolute Gasteiger partial charge is 0.134 e. The number of hydrogen-bond donors (Lipinski definition) is 2. The van der Waals surface area contributed by atoms with Gasteiger partial charge in [-0.15, -0.1) is 0 Å². The van der Waals surface area contributed by atoms with Gasteiger partial charge in [0.15, 0.2) is 0 Å². The van der Waals surface area contributed by atoms with Crippen molar-refractivity contribution < 1.29 is 0 Å². The first-order valence-corrected chi connectivity index (χ1v) is 9.16. The van der Waals surface area contributed by atoms with Gasteiger partial charge in [0.25, 0.3) is 0 Å². The lowest BCUT2D eigenvalue weighted by molar-refractivity contribution is 0.344. The molecule has 3 aliphatic rings. The molecule has 0 atom stereocenters. The van der Waals surface area contributed by atoms with E-state index in [9.17, 15) is 0 Å². The predicted octanol–water partition coefficient (Wildman–Crippen LogP) is 3.55. The Bertz CT molecular complexity index is 514. The van der Waals surface area contributed by atoms with E-state index >= 15 is 0 Å². The van der Waals surface area contributed by atoms with Crippen LogP contribution in [0.4, 0.5) is 5.82 Å². The second-order valence-corrected chi connectivity index (χ2v) is 7.62. The van der Waals surface area contributed by atoms with Gasteiger partial charge in [-0.3, -0.25) is 0 Å². The number of anilines is 1. The number of aromatic nitrogens is 2. The Hall–Kier alpha value is -1.16. The zero-order valence-electron chi connectivity index (χ0n) is 13.4. The van der Waals surface area contributed by atoms with Gasteiger partial charge in [0.05, 0.1) is 0 Å². The monoisotopic (exact) mass is 300 g/mol. The maximum Gasteiger partial charge on any atom is 0.134 e. The first kappa shape index (κ1) is 14.4. The third kappa shape index (κ3) is 3.27. The van der Waals surface area contributed by atoms with E-state index in [1.807, 2.05) is 0 Å². The van der Waals surface area contributed by atoms with E-state index in [1.54, 1.807) is 0 Å². The third-order valence-electron chi connectivity index (χ3n) is 5.60. The molecule has 3 aliphatic carbocycles. The normalized spacial score (nSPS) is 29.1. The van der Waals surface area contributed by atoms with Gasteiger partial charge in [-0.25, -0.2) is 9.97 Å². The Labute approximate surface area is 133 Å². The van der Waals surface area contributed by atoms with E-state index in [0.29, 0.717) is 17.9 Å². The fourth-order valence-electron chi connectivity index (χ4n) is 3.85. The molecular formula is C18H28N4. The van der Waals surface area contributed by atoms with Crippen molar-refractivity contribution in [2.45, 2.75) is 75.7 Å². The van der Waals surface area contributed by atoms with Crippen LogP contribution in [0.1, 0.15) is 81.1 Å². The van der Waals surface area contributed by atoms with E-state index in [0.717, 1.165) is 36.9 Å². The lowest BCUT2D eigenvalue weighted by Crippen LogP contribution is -2.35. The zero-order chi connectivity index (χ0) is 14.9. The van der Waals surface area contributed by atoms with Crippen LogP contribution in [0.15, 0.2) is 6.07 Å². The summed E-state index contributed by atoms with van der Waals surface area (Å²) >= 11 is 0. The molecule has 22 heavy (non-hydrogen) atoms. The third-order valence-corrected chi connectivity index (χ3v) is 5.60. The second kappa shape index (κ2) is 6.15. The maximum absolute atomic E-state index is 5.95. The molecule has 3 saturated carbocycles. The molecule has 0 amide bonds. The van der Waals surface area contributed by atoms with Gasteiger partial charge < -0.3 is 11.1 Å². The second-order valence-electron chi connectivity index (χ2n) is 7.62. The average Bonchev–Trinajstić information content (AvgIpc) is 3.35. The molecule has 1 heterocycles. The summed E-state index contributed by atoms with van der Waals surface area (Å²) in [6.45, 7) is 1.07. The van der Waals surface area contributed by atoms with Crippen molar-refractivity contribution in [1.82, 2.24) is 9.97 Å². The molecule has 3 N–H and O–H groups in total. The molecule has 4 nitrogen and oxygen atoms in total. The van der Waals surface area contributed by atoms with Crippen molar-refractivity contribution in [3.8, 4) is 0 Å². The van der Waals surface area contributed by atoms with Crippen LogP contribution < -0.4 is 11.1 Å². The molecule has 0 unspecified atom stereocenters. The molecule has 1 aromatic rings. The molecule has 0 radical (unpaired) electrons. The predicted molar refractivity (Wildman–Crippen MR) is 89.0 cm³/mol. The summed E-state index contributed by atoms with van der Waals surface area (Å²) < 4.78 is 0. The summed E-state index contributed by atoms with van der Waals surface area (Å²) in [6, 6.07) is 2.56. The number of nitrogens with zero attached hydrogens (tertiary/aromatic N) is 2. The molecule has 4 rings (SSSR count). The molecule has 0 spiro atoms. The van der Waals surface area contributed by atoms with Crippen LogP contribution in [0.3, 0.4) is 0 Å². The van der Waals surface area contributed by atoms with Crippen LogP contribution >= 0.6 is 0 Å². The Morgan fingerprint density at radius 1 is 1.00 bits per heavy atom. The molecule has 3 fully saturated rings. The number of rotatable bonds is 5. The summed E-state index contributed by atoms with van der Waals surface area (Å²) in [6.07, 6.45) is 11.7. The minimum atomic E-state index is 0.378. The van der Waals surface area contributed by atoms with E-state index in [1.165, 1.54) is 50.6 Å². The summed E-state index contributed by atoms with van der Waals surface area (Å²) in [5, 5.41) is 3.61. The first-order chi connectivity index (χ1) is 10.8. The van der Waals surface area contributed by atoms with Crippen LogP contribution in [0.5, 0.6) is 0 Å². The number of hydrogen-bond acceptors (Lipinski definition) is 4. The van der Waals surface area contributed by atoms with Crippen LogP contribution in [0, 0.1) is 5.92 Å². The van der Waals surface area contributed by atoms with Gasteiger partial charge in [0.1, 0.15) is 11.6 Å². The summed E-state index contributed by atoms with van der Waals surface area (Å²) in [7, 11) is 0. The summed E-state index contributed by atoms with van der Waals surface area (Å²) in [5.74, 6) is 4.13. The fraction of sp³-hybridized carbons (Fsp3) is 0.778. The Kier molecular flexibility index (Phi) is 4.03. The molecule has 1 aromatic heterocycles. The maximum atomic E-state index is 5.95. The Balaban J connectivity index is 1.45. The SMILES string of the molecule is NC1CC(c2cc(NCC3CCCCC3)nc(C3CC3)n2)C1.